The van der Waals surface area contributed by atoms with Gasteiger partial charge in [0.05, 0.1) is 5.25 Å². The van der Waals surface area contributed by atoms with Crippen LogP contribution < -0.4 is 5.32 Å². The predicted octanol–water partition coefficient (Wildman–Crippen LogP) is 3.38. The number of nitrogens with zero attached hydrogens (tertiary/aromatic N) is 3. The first kappa shape index (κ1) is 15.9. The van der Waals surface area contributed by atoms with E-state index in [1.165, 1.54) is 11.8 Å². The summed E-state index contributed by atoms with van der Waals surface area (Å²) in [5.74, 6) is -0.0870. The number of aryl methyl sites for hydroxylation is 2. The summed E-state index contributed by atoms with van der Waals surface area (Å²) < 4.78 is 1.90. The molecule has 1 N–H and O–H groups in total. The standard InChI is InChI=1S/C14H17ClN4OS/c1-4-19-8-16-18-14(19)21-10(3)13(20)17-12-7-11(15)6-5-9(12)2/h5-8,10H,4H2,1-3H3,(H,17,20)/t10-/m0/s1. The first-order chi connectivity index (χ1) is 10.0. The van der Waals surface area contributed by atoms with E-state index in [-0.39, 0.29) is 11.2 Å². The number of carbonyl (C=O) groups is 1. The van der Waals surface area contributed by atoms with Crippen LogP contribution in [0.1, 0.15) is 19.4 Å². The molecular formula is C14H17ClN4OS. The zero-order valence-corrected chi connectivity index (χ0v) is 13.7. The predicted molar refractivity (Wildman–Crippen MR) is 85.8 cm³/mol. The van der Waals surface area contributed by atoms with Gasteiger partial charge in [-0.3, -0.25) is 4.79 Å². The molecule has 0 aliphatic rings. The van der Waals surface area contributed by atoms with Crippen LogP contribution in [0.2, 0.25) is 5.02 Å². The number of aromatic nitrogens is 3. The van der Waals surface area contributed by atoms with E-state index >= 15 is 0 Å². The van der Waals surface area contributed by atoms with Crippen molar-refractivity contribution in [3.63, 3.8) is 0 Å². The molecule has 0 unspecified atom stereocenters. The normalized spacial score (nSPS) is 12.2. The number of hydrogen-bond donors (Lipinski definition) is 1. The first-order valence-electron chi connectivity index (χ1n) is 6.62. The van der Waals surface area contributed by atoms with Gasteiger partial charge in [-0.25, -0.2) is 0 Å². The van der Waals surface area contributed by atoms with Gasteiger partial charge in [0.2, 0.25) is 5.91 Å². The molecule has 0 saturated heterocycles. The minimum Gasteiger partial charge on any atom is -0.325 e. The number of carbonyl (C=O) groups excluding carboxylic acids is 1. The Kier molecular flexibility index (Phi) is 5.25. The summed E-state index contributed by atoms with van der Waals surface area (Å²) >= 11 is 7.34. The van der Waals surface area contributed by atoms with Crippen molar-refractivity contribution in [2.24, 2.45) is 0 Å². The Balaban J connectivity index is 2.04. The number of halogens is 1. The lowest BCUT2D eigenvalue weighted by Crippen LogP contribution is -2.23. The maximum absolute atomic E-state index is 12.3. The van der Waals surface area contributed by atoms with Crippen molar-refractivity contribution in [1.82, 2.24) is 14.8 Å². The molecule has 2 aromatic rings. The van der Waals surface area contributed by atoms with E-state index in [4.69, 9.17) is 11.6 Å². The summed E-state index contributed by atoms with van der Waals surface area (Å²) in [7, 11) is 0. The highest BCUT2D eigenvalue weighted by Crippen LogP contribution is 2.24. The fraction of sp³-hybridized carbons (Fsp3) is 0.357. The van der Waals surface area contributed by atoms with Gasteiger partial charge in [-0.1, -0.05) is 29.4 Å². The second-order valence-electron chi connectivity index (χ2n) is 4.61. The molecule has 21 heavy (non-hydrogen) atoms. The van der Waals surface area contributed by atoms with Crippen LogP contribution in [0, 0.1) is 6.92 Å². The van der Waals surface area contributed by atoms with Crippen LogP contribution >= 0.6 is 23.4 Å². The second kappa shape index (κ2) is 6.95. The number of amides is 1. The van der Waals surface area contributed by atoms with E-state index in [9.17, 15) is 4.79 Å². The summed E-state index contributed by atoms with van der Waals surface area (Å²) in [6.07, 6.45) is 1.66. The molecular weight excluding hydrogens is 308 g/mol. The van der Waals surface area contributed by atoms with Gasteiger partial charge < -0.3 is 9.88 Å². The second-order valence-corrected chi connectivity index (χ2v) is 6.35. The van der Waals surface area contributed by atoms with Crippen LogP contribution in [0.25, 0.3) is 0 Å². The molecule has 1 aromatic heterocycles. The zero-order valence-electron chi connectivity index (χ0n) is 12.1. The largest absolute Gasteiger partial charge is 0.325 e. The molecule has 112 valence electrons. The van der Waals surface area contributed by atoms with Crippen molar-refractivity contribution in [2.45, 2.75) is 37.7 Å². The van der Waals surface area contributed by atoms with Gasteiger partial charge in [0.25, 0.3) is 0 Å². The molecule has 1 aromatic carbocycles. The van der Waals surface area contributed by atoms with Gasteiger partial charge in [0.15, 0.2) is 5.16 Å². The molecule has 0 saturated carbocycles. The highest BCUT2D eigenvalue weighted by molar-refractivity contribution is 8.00. The van der Waals surface area contributed by atoms with Crippen LogP contribution in [0.15, 0.2) is 29.7 Å². The maximum Gasteiger partial charge on any atom is 0.237 e. The van der Waals surface area contributed by atoms with E-state index in [1.54, 1.807) is 18.5 Å². The quantitative estimate of drug-likeness (QED) is 0.856. The van der Waals surface area contributed by atoms with E-state index in [0.29, 0.717) is 5.02 Å². The van der Waals surface area contributed by atoms with E-state index in [0.717, 1.165) is 23.0 Å². The van der Waals surface area contributed by atoms with Crippen molar-refractivity contribution in [3.05, 3.63) is 35.1 Å². The average molecular weight is 325 g/mol. The van der Waals surface area contributed by atoms with Gasteiger partial charge in [0.1, 0.15) is 6.33 Å². The van der Waals surface area contributed by atoms with Gasteiger partial charge in [-0.2, -0.15) is 0 Å². The average Bonchev–Trinajstić information content (AvgIpc) is 2.90. The third-order valence-electron chi connectivity index (χ3n) is 3.03. The molecule has 1 heterocycles. The Morgan fingerprint density at radius 2 is 2.29 bits per heavy atom. The van der Waals surface area contributed by atoms with Crippen molar-refractivity contribution in [1.29, 1.82) is 0 Å². The van der Waals surface area contributed by atoms with E-state index in [2.05, 4.69) is 15.5 Å². The zero-order chi connectivity index (χ0) is 15.4. The molecule has 0 bridgehead atoms. The molecule has 0 fully saturated rings. The number of nitrogens with one attached hydrogen (secondary N) is 1. The minimum absolute atomic E-state index is 0.0870. The third-order valence-corrected chi connectivity index (χ3v) is 4.36. The van der Waals surface area contributed by atoms with Crippen molar-refractivity contribution >= 4 is 35.0 Å². The molecule has 0 aliphatic carbocycles. The van der Waals surface area contributed by atoms with E-state index < -0.39 is 0 Å². The molecule has 1 amide bonds. The lowest BCUT2D eigenvalue weighted by molar-refractivity contribution is -0.115. The van der Waals surface area contributed by atoms with Gasteiger partial charge in [-0.05, 0) is 38.5 Å². The van der Waals surface area contributed by atoms with Crippen molar-refractivity contribution in [3.8, 4) is 0 Å². The van der Waals surface area contributed by atoms with Gasteiger partial charge >= 0.3 is 0 Å². The van der Waals surface area contributed by atoms with E-state index in [1.807, 2.05) is 31.4 Å². The summed E-state index contributed by atoms with van der Waals surface area (Å²) in [5.41, 5.74) is 1.71. The monoisotopic (exact) mass is 324 g/mol. The Morgan fingerprint density at radius 3 is 3.00 bits per heavy atom. The van der Waals surface area contributed by atoms with Crippen LogP contribution in [-0.2, 0) is 11.3 Å². The first-order valence-corrected chi connectivity index (χ1v) is 7.88. The molecule has 0 radical (unpaired) electrons. The molecule has 0 aliphatic heterocycles. The lowest BCUT2D eigenvalue weighted by Gasteiger charge is -2.13. The summed E-state index contributed by atoms with van der Waals surface area (Å²) in [6.45, 7) is 6.55. The van der Waals surface area contributed by atoms with Crippen molar-refractivity contribution < 1.29 is 4.79 Å². The minimum atomic E-state index is -0.280. The molecule has 5 nitrogen and oxygen atoms in total. The van der Waals surface area contributed by atoms with Gasteiger partial charge in [-0.15, -0.1) is 10.2 Å². The topological polar surface area (TPSA) is 59.8 Å². The molecule has 2 rings (SSSR count). The fourth-order valence-corrected chi connectivity index (χ4v) is 2.79. The number of rotatable bonds is 5. The Labute approximate surface area is 133 Å². The summed E-state index contributed by atoms with van der Waals surface area (Å²) in [4.78, 5) is 12.3. The van der Waals surface area contributed by atoms with Gasteiger partial charge in [0, 0.05) is 17.3 Å². The van der Waals surface area contributed by atoms with Crippen LogP contribution in [0.3, 0.4) is 0 Å². The molecule has 7 heteroatoms. The number of thioether (sulfide) groups is 1. The number of benzene rings is 1. The SMILES string of the molecule is CCn1cnnc1S[C@@H](C)C(=O)Nc1cc(Cl)ccc1C. The Hall–Kier alpha value is -1.53. The number of hydrogen-bond acceptors (Lipinski definition) is 4. The Bertz CT molecular complexity index is 644. The summed E-state index contributed by atoms with van der Waals surface area (Å²) in [5, 5.41) is 11.8. The Morgan fingerprint density at radius 1 is 1.52 bits per heavy atom. The molecule has 0 spiro atoms. The maximum atomic E-state index is 12.3. The third kappa shape index (κ3) is 3.98. The summed E-state index contributed by atoms with van der Waals surface area (Å²) in [6, 6.07) is 5.43. The van der Waals surface area contributed by atoms with Crippen LogP contribution in [-0.4, -0.2) is 25.9 Å². The highest BCUT2D eigenvalue weighted by atomic mass is 35.5. The fourth-order valence-electron chi connectivity index (χ4n) is 1.73. The number of anilines is 1. The lowest BCUT2D eigenvalue weighted by atomic mass is 10.2. The van der Waals surface area contributed by atoms with Crippen LogP contribution in [0.5, 0.6) is 0 Å². The molecule has 1 atom stereocenters. The van der Waals surface area contributed by atoms with Crippen molar-refractivity contribution in [2.75, 3.05) is 5.32 Å². The smallest absolute Gasteiger partial charge is 0.237 e. The highest BCUT2D eigenvalue weighted by Gasteiger charge is 2.18. The van der Waals surface area contributed by atoms with Crippen LogP contribution in [0.4, 0.5) is 5.69 Å².